The van der Waals surface area contributed by atoms with Crippen molar-refractivity contribution in [3.63, 3.8) is 0 Å². The molecule has 2 atom stereocenters. The summed E-state index contributed by atoms with van der Waals surface area (Å²) >= 11 is 0. The van der Waals surface area contributed by atoms with Crippen molar-refractivity contribution in [3.05, 3.63) is 0 Å². The predicted molar refractivity (Wildman–Crippen MR) is 87.5 cm³/mol. The third-order valence-corrected chi connectivity index (χ3v) is 8.34. The third kappa shape index (κ3) is 8.17. The van der Waals surface area contributed by atoms with Gasteiger partial charge in [-0.05, 0) is 24.9 Å². The van der Waals surface area contributed by atoms with Crippen molar-refractivity contribution in [2.75, 3.05) is 0 Å². The van der Waals surface area contributed by atoms with Crippen molar-refractivity contribution in [1.82, 2.24) is 4.57 Å². The number of hydrogen-bond acceptors (Lipinski definition) is 1. The van der Waals surface area contributed by atoms with Crippen molar-refractivity contribution >= 4 is 17.8 Å². The van der Waals surface area contributed by atoms with Gasteiger partial charge in [-0.1, -0.05) is 65.8 Å². The Kier molecular flexibility index (Phi) is 8.68. The fraction of sp³-hybridized carbons (Fsp3) is 1.00. The fourth-order valence-electron chi connectivity index (χ4n) is 2.29. The lowest BCUT2D eigenvalue weighted by molar-refractivity contribution is 0.267. The van der Waals surface area contributed by atoms with Crippen molar-refractivity contribution in [1.29, 1.82) is 0 Å². The Hall–Kier alpha value is 0.394. The SMILES string of the molecule is CCC(C)N([SiH2]CCC[Si](C)(C)C)C(C)CC. The summed E-state index contributed by atoms with van der Waals surface area (Å²) in [7, 11) is -0.802. The van der Waals surface area contributed by atoms with E-state index in [2.05, 4.69) is 51.9 Å². The van der Waals surface area contributed by atoms with E-state index in [1.165, 1.54) is 31.4 Å². The molecule has 1 nitrogen and oxygen atoms in total. The standard InChI is InChI=1S/C14H35NSi2/c1-8-13(3)15(14(4)9-2)16-11-10-12-17(5,6)7/h13-14H,8-12,16H2,1-7H3. The van der Waals surface area contributed by atoms with Crippen LogP contribution in [-0.4, -0.2) is 34.4 Å². The maximum Gasteiger partial charge on any atom is 0.0956 e. The minimum absolute atomic E-state index is 0.00500. The van der Waals surface area contributed by atoms with E-state index in [0.717, 1.165) is 12.1 Å². The summed E-state index contributed by atoms with van der Waals surface area (Å²) in [6, 6.07) is 4.67. The van der Waals surface area contributed by atoms with Crippen LogP contribution in [0.25, 0.3) is 0 Å². The van der Waals surface area contributed by atoms with Crippen LogP contribution in [0.1, 0.15) is 47.0 Å². The van der Waals surface area contributed by atoms with E-state index in [1.807, 2.05) is 0 Å². The summed E-state index contributed by atoms with van der Waals surface area (Å²) in [6.45, 7) is 17.0. The maximum absolute atomic E-state index is 2.85. The van der Waals surface area contributed by atoms with E-state index in [4.69, 9.17) is 0 Å². The topological polar surface area (TPSA) is 3.24 Å². The first-order valence-electron chi connectivity index (χ1n) is 7.57. The van der Waals surface area contributed by atoms with Crippen molar-refractivity contribution in [2.45, 2.75) is 90.8 Å². The maximum atomic E-state index is 2.85. The molecule has 0 aliphatic rings. The molecule has 0 aromatic heterocycles. The molecule has 0 aliphatic carbocycles. The average Bonchev–Trinajstić information content (AvgIpc) is 2.26. The summed E-state index contributed by atoms with van der Waals surface area (Å²) in [4.78, 5) is 0. The van der Waals surface area contributed by atoms with E-state index in [0.29, 0.717) is 0 Å². The van der Waals surface area contributed by atoms with Gasteiger partial charge in [0.25, 0.3) is 0 Å². The highest BCUT2D eigenvalue weighted by molar-refractivity contribution is 6.76. The van der Waals surface area contributed by atoms with Crippen LogP contribution in [0.4, 0.5) is 0 Å². The fourth-order valence-corrected chi connectivity index (χ4v) is 6.34. The molecule has 0 radical (unpaired) electrons. The molecule has 0 bridgehead atoms. The summed E-state index contributed by atoms with van der Waals surface area (Å²) in [5, 5.41) is 0. The highest BCUT2D eigenvalue weighted by atomic mass is 28.3. The van der Waals surface area contributed by atoms with Crippen LogP contribution < -0.4 is 0 Å². The molecule has 0 amide bonds. The molecule has 0 spiro atoms. The van der Waals surface area contributed by atoms with Gasteiger partial charge in [0.1, 0.15) is 0 Å². The molecule has 0 N–H and O–H groups in total. The first kappa shape index (κ1) is 17.4. The van der Waals surface area contributed by atoms with E-state index < -0.39 is 8.07 Å². The molecule has 0 rings (SSSR count). The van der Waals surface area contributed by atoms with Gasteiger partial charge in [-0.3, -0.25) is 0 Å². The van der Waals surface area contributed by atoms with Crippen molar-refractivity contribution in [3.8, 4) is 0 Å². The van der Waals surface area contributed by atoms with Crippen LogP contribution in [0, 0.1) is 0 Å². The summed E-state index contributed by atoms with van der Waals surface area (Å²) in [5.74, 6) is 0. The Bertz CT molecular complexity index is 179. The van der Waals surface area contributed by atoms with Gasteiger partial charge in [-0.15, -0.1) is 0 Å². The average molecular weight is 274 g/mol. The summed E-state index contributed by atoms with van der Waals surface area (Å²) in [5.41, 5.74) is 0. The second kappa shape index (κ2) is 8.49. The molecule has 0 fully saturated rings. The lowest BCUT2D eigenvalue weighted by atomic mass is 10.2. The predicted octanol–water partition coefficient (Wildman–Crippen LogP) is 4.12. The number of hydrogen-bond donors (Lipinski definition) is 0. The Morgan fingerprint density at radius 1 is 1.00 bits per heavy atom. The molecule has 104 valence electrons. The lowest BCUT2D eigenvalue weighted by Gasteiger charge is -2.34. The van der Waals surface area contributed by atoms with Gasteiger partial charge in [0.05, 0.1) is 9.68 Å². The van der Waals surface area contributed by atoms with Crippen molar-refractivity contribution < 1.29 is 0 Å². The monoisotopic (exact) mass is 273 g/mol. The van der Waals surface area contributed by atoms with Gasteiger partial charge in [0.15, 0.2) is 0 Å². The van der Waals surface area contributed by atoms with Crippen LogP contribution in [0.3, 0.4) is 0 Å². The van der Waals surface area contributed by atoms with Gasteiger partial charge in [0, 0.05) is 8.07 Å². The molecular formula is C14H35NSi2. The van der Waals surface area contributed by atoms with E-state index in [9.17, 15) is 0 Å². The zero-order chi connectivity index (χ0) is 13.5. The second-order valence-corrected chi connectivity index (χ2v) is 14.3. The van der Waals surface area contributed by atoms with Crippen LogP contribution in [0.5, 0.6) is 0 Å². The Morgan fingerprint density at radius 2 is 1.47 bits per heavy atom. The first-order chi connectivity index (χ1) is 7.81. The molecule has 2 unspecified atom stereocenters. The van der Waals surface area contributed by atoms with Gasteiger partial charge in [-0.2, -0.15) is 0 Å². The Labute approximate surface area is 113 Å². The smallest absolute Gasteiger partial charge is 0.0956 e. The molecule has 3 heteroatoms. The van der Waals surface area contributed by atoms with E-state index in [-0.39, 0.29) is 9.68 Å². The highest BCUT2D eigenvalue weighted by Crippen LogP contribution is 2.16. The van der Waals surface area contributed by atoms with Gasteiger partial charge >= 0.3 is 0 Å². The third-order valence-electron chi connectivity index (χ3n) is 3.91. The number of rotatable bonds is 9. The highest BCUT2D eigenvalue weighted by Gasteiger charge is 2.18. The summed E-state index contributed by atoms with van der Waals surface area (Å²) in [6.07, 6.45) is 4.11. The van der Waals surface area contributed by atoms with E-state index >= 15 is 0 Å². The van der Waals surface area contributed by atoms with Crippen LogP contribution in [0.15, 0.2) is 0 Å². The molecule has 0 aromatic rings. The van der Waals surface area contributed by atoms with Crippen molar-refractivity contribution in [2.24, 2.45) is 0 Å². The Morgan fingerprint density at radius 3 is 1.82 bits per heavy atom. The second-order valence-electron chi connectivity index (χ2n) is 6.77. The van der Waals surface area contributed by atoms with Gasteiger partial charge in [-0.25, -0.2) is 0 Å². The van der Waals surface area contributed by atoms with Crippen LogP contribution in [-0.2, 0) is 0 Å². The largest absolute Gasteiger partial charge is 0.324 e. The lowest BCUT2D eigenvalue weighted by Crippen LogP contribution is -2.42. The normalized spacial score (nSPS) is 16.9. The molecule has 0 aliphatic heterocycles. The van der Waals surface area contributed by atoms with Gasteiger partial charge in [0.2, 0.25) is 0 Å². The zero-order valence-corrected chi connectivity index (χ0v) is 15.8. The molecule has 0 saturated heterocycles. The molecule has 0 heterocycles. The number of nitrogens with zero attached hydrogens (tertiary/aromatic N) is 1. The molecule has 0 saturated carbocycles. The quantitative estimate of drug-likeness (QED) is 0.451. The van der Waals surface area contributed by atoms with Crippen LogP contribution in [0.2, 0.25) is 31.7 Å². The minimum atomic E-state index is -0.797. The minimum Gasteiger partial charge on any atom is -0.324 e. The molecular weight excluding hydrogens is 238 g/mol. The van der Waals surface area contributed by atoms with Crippen LogP contribution >= 0.6 is 0 Å². The summed E-state index contributed by atoms with van der Waals surface area (Å²) < 4.78 is 2.85. The van der Waals surface area contributed by atoms with E-state index in [1.54, 1.807) is 0 Å². The van der Waals surface area contributed by atoms with Gasteiger partial charge < -0.3 is 4.57 Å². The first-order valence-corrected chi connectivity index (χ1v) is 12.9. The molecule has 0 aromatic carbocycles. The molecule has 17 heavy (non-hydrogen) atoms. The Balaban J connectivity index is 4.01. The zero-order valence-electron chi connectivity index (χ0n) is 13.3.